The molecule has 0 radical (unpaired) electrons. The third-order valence-corrected chi connectivity index (χ3v) is 4.27. The van der Waals surface area contributed by atoms with Gasteiger partial charge in [-0.3, -0.25) is 0 Å². The number of aryl methyl sites for hydroxylation is 2. The van der Waals surface area contributed by atoms with Crippen molar-refractivity contribution in [3.8, 4) is 17.2 Å². The molecule has 0 aromatic heterocycles. The van der Waals surface area contributed by atoms with Crippen LogP contribution in [0.2, 0.25) is 0 Å². The van der Waals surface area contributed by atoms with Crippen LogP contribution >= 0.6 is 0 Å². The number of rotatable bonds is 6. The number of hydrogen-bond acceptors (Lipinski definition) is 4. The minimum Gasteiger partial charge on any atom is -0.497 e. The Hall–Kier alpha value is -3.53. The summed E-state index contributed by atoms with van der Waals surface area (Å²) >= 11 is 0. The van der Waals surface area contributed by atoms with Gasteiger partial charge in [-0.05, 0) is 69.3 Å². The highest BCUT2D eigenvalue weighted by Gasteiger charge is 2.08. The zero-order chi connectivity index (χ0) is 20.6. The van der Waals surface area contributed by atoms with Crippen molar-refractivity contribution in [3.05, 3.63) is 95.8 Å². The van der Waals surface area contributed by atoms with Gasteiger partial charge in [0, 0.05) is 5.57 Å². The van der Waals surface area contributed by atoms with Crippen molar-refractivity contribution in [2.24, 2.45) is 4.99 Å². The zero-order valence-electron chi connectivity index (χ0n) is 17.2. The van der Waals surface area contributed by atoms with Gasteiger partial charge in [-0.25, -0.2) is 4.99 Å². The summed E-state index contributed by atoms with van der Waals surface area (Å²) in [5.74, 6) is 2.68. The molecule has 3 aromatic rings. The van der Waals surface area contributed by atoms with Crippen LogP contribution in [-0.4, -0.2) is 13.0 Å². The maximum Gasteiger partial charge on any atom is 0.225 e. The normalized spacial score (nSPS) is 11.9. The maximum absolute atomic E-state index is 6.07. The molecule has 0 aliphatic carbocycles. The van der Waals surface area contributed by atoms with Crippen LogP contribution in [0.3, 0.4) is 0 Å². The maximum atomic E-state index is 6.07. The molecule has 0 saturated heterocycles. The molecule has 0 unspecified atom stereocenters. The second-order valence-electron chi connectivity index (χ2n) is 6.76. The molecule has 0 amide bonds. The summed E-state index contributed by atoms with van der Waals surface area (Å²) in [6.45, 7) is 5.99. The Kier molecular flexibility index (Phi) is 6.69. The number of methoxy groups -OCH3 is 1. The molecule has 0 bridgehead atoms. The first-order valence-electron chi connectivity index (χ1n) is 9.41. The van der Waals surface area contributed by atoms with E-state index >= 15 is 0 Å². The summed E-state index contributed by atoms with van der Waals surface area (Å²) in [4.78, 5) is 4.68. The van der Waals surface area contributed by atoms with Gasteiger partial charge in [0.1, 0.15) is 17.2 Å². The largest absolute Gasteiger partial charge is 0.497 e. The van der Waals surface area contributed by atoms with E-state index in [2.05, 4.69) is 4.99 Å². The Morgan fingerprint density at radius 3 is 1.83 bits per heavy atom. The second kappa shape index (κ2) is 9.60. The van der Waals surface area contributed by atoms with Crippen LogP contribution in [0.5, 0.6) is 17.2 Å². The van der Waals surface area contributed by atoms with E-state index in [1.54, 1.807) is 13.4 Å². The van der Waals surface area contributed by atoms with E-state index in [9.17, 15) is 0 Å². The molecule has 148 valence electrons. The molecule has 3 rings (SSSR count). The molecule has 0 aliphatic heterocycles. The highest BCUT2D eigenvalue weighted by Crippen LogP contribution is 2.20. The number of hydrogen-bond donors (Lipinski definition) is 0. The first-order chi connectivity index (χ1) is 14.0. The fourth-order valence-electron chi connectivity index (χ4n) is 2.51. The van der Waals surface area contributed by atoms with Crippen LogP contribution in [0.4, 0.5) is 5.69 Å². The minimum absolute atomic E-state index is 0.478. The third-order valence-electron chi connectivity index (χ3n) is 4.27. The van der Waals surface area contributed by atoms with Crippen LogP contribution in [-0.2, 0) is 0 Å². The molecule has 4 nitrogen and oxygen atoms in total. The van der Waals surface area contributed by atoms with E-state index in [1.165, 1.54) is 11.1 Å². The summed E-state index contributed by atoms with van der Waals surface area (Å²) < 4.78 is 17.0. The molecule has 0 spiro atoms. The summed E-state index contributed by atoms with van der Waals surface area (Å²) in [5, 5.41) is 0. The van der Waals surface area contributed by atoms with Crippen LogP contribution in [0.1, 0.15) is 18.1 Å². The predicted molar refractivity (Wildman–Crippen MR) is 117 cm³/mol. The first kappa shape index (κ1) is 20.2. The smallest absolute Gasteiger partial charge is 0.225 e. The van der Waals surface area contributed by atoms with E-state index < -0.39 is 0 Å². The van der Waals surface area contributed by atoms with Gasteiger partial charge in [0.25, 0.3) is 0 Å². The van der Waals surface area contributed by atoms with Gasteiger partial charge in [0.05, 0.1) is 19.1 Å². The Balaban J connectivity index is 1.85. The molecule has 4 heteroatoms. The predicted octanol–water partition coefficient (Wildman–Crippen LogP) is 6.40. The lowest BCUT2D eigenvalue weighted by molar-refractivity contribution is 0.412. The molecule has 0 fully saturated rings. The highest BCUT2D eigenvalue weighted by molar-refractivity contribution is 5.96. The van der Waals surface area contributed by atoms with Crippen molar-refractivity contribution in [1.29, 1.82) is 0 Å². The minimum atomic E-state index is 0.478. The Labute approximate surface area is 172 Å². The lowest BCUT2D eigenvalue weighted by Gasteiger charge is -2.11. The third kappa shape index (κ3) is 5.98. The molecule has 0 saturated carbocycles. The van der Waals surface area contributed by atoms with Crippen LogP contribution in [0.15, 0.2) is 89.6 Å². The van der Waals surface area contributed by atoms with Crippen LogP contribution in [0, 0.1) is 13.8 Å². The summed E-state index contributed by atoms with van der Waals surface area (Å²) in [7, 11) is 1.64. The number of aliphatic imine (C=N–C) groups is 1. The lowest BCUT2D eigenvalue weighted by atomic mass is 10.2. The fraction of sp³-hybridized carbons (Fsp3) is 0.160. The summed E-state index contributed by atoms with van der Waals surface area (Å²) in [5.41, 5.74) is 3.93. The van der Waals surface area contributed by atoms with E-state index in [-0.39, 0.29) is 0 Å². The van der Waals surface area contributed by atoms with Crippen molar-refractivity contribution >= 4 is 11.6 Å². The lowest BCUT2D eigenvalue weighted by Crippen LogP contribution is -2.11. The molecular weight excluding hydrogens is 362 g/mol. The Morgan fingerprint density at radius 2 is 1.24 bits per heavy atom. The first-order valence-corrected chi connectivity index (χ1v) is 9.41. The SMILES string of the molecule is COc1ccc(OC=C(C)C(=Nc2ccc(C)cc2)Oc2ccc(C)cc2)cc1. The van der Waals surface area contributed by atoms with E-state index in [0.717, 1.165) is 22.8 Å². The Morgan fingerprint density at radius 1 is 0.724 bits per heavy atom. The van der Waals surface area contributed by atoms with Gasteiger partial charge in [-0.2, -0.15) is 0 Å². The van der Waals surface area contributed by atoms with Crippen LogP contribution in [0.25, 0.3) is 0 Å². The quantitative estimate of drug-likeness (QED) is 0.279. The van der Waals surface area contributed by atoms with Gasteiger partial charge in [-0.15, -0.1) is 0 Å². The fourth-order valence-corrected chi connectivity index (χ4v) is 2.51. The van der Waals surface area contributed by atoms with Gasteiger partial charge >= 0.3 is 0 Å². The number of ether oxygens (including phenoxy) is 3. The second-order valence-corrected chi connectivity index (χ2v) is 6.76. The van der Waals surface area contributed by atoms with Gasteiger partial charge in [-0.1, -0.05) is 35.4 Å². The highest BCUT2D eigenvalue weighted by atomic mass is 16.5. The Bertz CT molecular complexity index is 986. The van der Waals surface area contributed by atoms with Crippen molar-refractivity contribution in [2.75, 3.05) is 7.11 Å². The molecule has 29 heavy (non-hydrogen) atoms. The zero-order valence-corrected chi connectivity index (χ0v) is 17.2. The van der Waals surface area contributed by atoms with Gasteiger partial charge in [0.15, 0.2) is 0 Å². The number of nitrogens with zero attached hydrogens (tertiary/aromatic N) is 1. The van der Waals surface area contributed by atoms with Crippen molar-refractivity contribution in [1.82, 2.24) is 0 Å². The van der Waals surface area contributed by atoms with Gasteiger partial charge < -0.3 is 14.2 Å². The van der Waals surface area contributed by atoms with Gasteiger partial charge in [0.2, 0.25) is 5.90 Å². The van der Waals surface area contributed by atoms with Crippen LogP contribution < -0.4 is 14.2 Å². The average Bonchev–Trinajstić information content (AvgIpc) is 2.75. The van der Waals surface area contributed by atoms with Crippen molar-refractivity contribution in [3.63, 3.8) is 0 Å². The summed E-state index contributed by atoms with van der Waals surface area (Å²) in [6, 6.07) is 23.2. The monoisotopic (exact) mass is 387 g/mol. The molecule has 0 N–H and O–H groups in total. The van der Waals surface area contributed by atoms with E-state index in [4.69, 9.17) is 14.2 Å². The topological polar surface area (TPSA) is 40.0 Å². The summed E-state index contributed by atoms with van der Waals surface area (Å²) in [6.07, 6.45) is 1.64. The molecule has 3 aromatic carbocycles. The number of benzene rings is 3. The molecule has 0 aliphatic rings. The van der Waals surface area contributed by atoms with Crippen molar-refractivity contribution in [2.45, 2.75) is 20.8 Å². The molecule has 0 heterocycles. The molecule has 0 atom stereocenters. The van der Waals surface area contributed by atoms with Crippen molar-refractivity contribution < 1.29 is 14.2 Å². The van der Waals surface area contributed by atoms with E-state index in [0.29, 0.717) is 11.6 Å². The molecular formula is C25H25NO3. The standard InChI is InChI=1S/C25H25NO3/c1-18-5-9-21(10-6-18)26-25(29-24-11-7-19(2)8-12-24)20(3)17-28-23-15-13-22(27-4)14-16-23/h5-17H,1-4H3. The average molecular weight is 387 g/mol. The van der Waals surface area contributed by atoms with E-state index in [1.807, 2.05) is 93.6 Å².